The van der Waals surface area contributed by atoms with E-state index in [-0.39, 0.29) is 12.3 Å². The van der Waals surface area contributed by atoms with Gasteiger partial charge < -0.3 is 14.5 Å². The zero-order valence-electron chi connectivity index (χ0n) is 15.1. The first-order valence-electron chi connectivity index (χ1n) is 8.41. The standard InChI is InChI=1S/C21H21NO4/c1-13-9-17(25-3)20-14(2)16(21(24)26-18(20)10-13)11-19(23)22-12-15-7-5-4-6-8-15/h4-10H,11-12H2,1-3H3,(H,22,23). The van der Waals surface area contributed by atoms with Crippen molar-refractivity contribution in [3.63, 3.8) is 0 Å². The van der Waals surface area contributed by atoms with Gasteiger partial charge in [0, 0.05) is 6.54 Å². The largest absolute Gasteiger partial charge is 0.496 e. The minimum absolute atomic E-state index is 0.0338. The van der Waals surface area contributed by atoms with Gasteiger partial charge in [-0.2, -0.15) is 0 Å². The van der Waals surface area contributed by atoms with Gasteiger partial charge in [-0.15, -0.1) is 0 Å². The van der Waals surface area contributed by atoms with Crippen molar-refractivity contribution in [2.75, 3.05) is 7.11 Å². The molecule has 1 aromatic heterocycles. The molecule has 1 N–H and O–H groups in total. The average molecular weight is 351 g/mol. The van der Waals surface area contributed by atoms with Crippen LogP contribution < -0.4 is 15.7 Å². The summed E-state index contributed by atoms with van der Waals surface area (Å²) in [6.45, 7) is 4.14. The van der Waals surface area contributed by atoms with Gasteiger partial charge in [0.25, 0.3) is 0 Å². The lowest BCUT2D eigenvalue weighted by molar-refractivity contribution is -0.120. The van der Waals surface area contributed by atoms with Gasteiger partial charge in [0.2, 0.25) is 5.91 Å². The summed E-state index contributed by atoms with van der Waals surface area (Å²) in [6.07, 6.45) is -0.0338. The molecule has 0 aliphatic heterocycles. The first-order chi connectivity index (χ1) is 12.5. The first kappa shape index (κ1) is 17.7. The zero-order valence-corrected chi connectivity index (χ0v) is 15.1. The lowest BCUT2D eigenvalue weighted by Crippen LogP contribution is -2.27. The first-order valence-corrected chi connectivity index (χ1v) is 8.41. The smallest absolute Gasteiger partial charge is 0.340 e. The molecular formula is C21H21NO4. The topological polar surface area (TPSA) is 68.5 Å². The van der Waals surface area contributed by atoms with Crippen LogP contribution in [-0.2, 0) is 17.8 Å². The Morgan fingerprint density at radius 1 is 1.15 bits per heavy atom. The van der Waals surface area contributed by atoms with E-state index in [0.717, 1.165) is 16.5 Å². The second kappa shape index (κ2) is 7.44. The van der Waals surface area contributed by atoms with Crippen LogP contribution in [0.4, 0.5) is 0 Å². The maximum Gasteiger partial charge on any atom is 0.340 e. The Balaban J connectivity index is 1.89. The second-order valence-corrected chi connectivity index (χ2v) is 6.27. The fourth-order valence-corrected chi connectivity index (χ4v) is 3.02. The molecule has 134 valence electrons. The Hall–Kier alpha value is -3.08. The van der Waals surface area contributed by atoms with Crippen LogP contribution in [0.3, 0.4) is 0 Å². The molecule has 5 heteroatoms. The summed E-state index contributed by atoms with van der Waals surface area (Å²) < 4.78 is 10.9. The van der Waals surface area contributed by atoms with Crippen molar-refractivity contribution in [3.05, 3.63) is 75.1 Å². The van der Waals surface area contributed by atoms with E-state index in [4.69, 9.17) is 9.15 Å². The lowest BCUT2D eigenvalue weighted by Gasteiger charge is -2.12. The maximum atomic E-state index is 12.4. The van der Waals surface area contributed by atoms with Crippen LogP contribution in [0.2, 0.25) is 0 Å². The van der Waals surface area contributed by atoms with E-state index in [9.17, 15) is 9.59 Å². The van der Waals surface area contributed by atoms with E-state index < -0.39 is 5.63 Å². The molecule has 26 heavy (non-hydrogen) atoms. The molecule has 0 aliphatic carbocycles. The monoisotopic (exact) mass is 351 g/mol. The number of amides is 1. The predicted octanol–water partition coefficient (Wildman–Crippen LogP) is 3.28. The summed E-state index contributed by atoms with van der Waals surface area (Å²) in [6, 6.07) is 13.3. The molecule has 5 nitrogen and oxygen atoms in total. The Bertz CT molecular complexity index is 1010. The molecule has 1 heterocycles. The third-order valence-corrected chi connectivity index (χ3v) is 4.38. The number of carbonyl (C=O) groups excluding carboxylic acids is 1. The fraction of sp³-hybridized carbons (Fsp3) is 0.238. The summed E-state index contributed by atoms with van der Waals surface area (Å²) in [5, 5.41) is 3.56. The van der Waals surface area contributed by atoms with Gasteiger partial charge in [-0.25, -0.2) is 4.79 Å². The quantitative estimate of drug-likeness (QED) is 0.716. The molecule has 0 atom stereocenters. The van der Waals surface area contributed by atoms with E-state index in [1.54, 1.807) is 13.2 Å². The van der Waals surface area contributed by atoms with Crippen LogP contribution in [0.15, 0.2) is 51.7 Å². The van der Waals surface area contributed by atoms with Crippen LogP contribution in [0, 0.1) is 13.8 Å². The molecule has 3 rings (SSSR count). The van der Waals surface area contributed by atoms with Crippen molar-refractivity contribution in [1.29, 1.82) is 0 Å². The Morgan fingerprint density at radius 2 is 1.88 bits per heavy atom. The van der Waals surface area contributed by atoms with E-state index in [1.165, 1.54) is 0 Å². The molecule has 0 aliphatic rings. The summed E-state index contributed by atoms with van der Waals surface area (Å²) in [7, 11) is 1.57. The molecule has 1 amide bonds. The number of fused-ring (bicyclic) bond motifs is 1. The van der Waals surface area contributed by atoms with Crippen LogP contribution in [-0.4, -0.2) is 13.0 Å². The molecule has 0 fully saturated rings. The van der Waals surface area contributed by atoms with Gasteiger partial charge in [-0.1, -0.05) is 30.3 Å². The van der Waals surface area contributed by atoms with Crippen molar-refractivity contribution in [2.45, 2.75) is 26.8 Å². The van der Waals surface area contributed by atoms with Gasteiger partial charge in [0.05, 0.1) is 24.5 Å². The van der Waals surface area contributed by atoms with Crippen LogP contribution >= 0.6 is 0 Å². The zero-order chi connectivity index (χ0) is 18.7. The van der Waals surface area contributed by atoms with Gasteiger partial charge in [0.15, 0.2) is 0 Å². The fourth-order valence-electron chi connectivity index (χ4n) is 3.02. The summed E-state index contributed by atoms with van der Waals surface area (Å²) >= 11 is 0. The summed E-state index contributed by atoms with van der Waals surface area (Å²) in [4.78, 5) is 24.7. The SMILES string of the molecule is COc1cc(C)cc2oc(=O)c(CC(=O)NCc3ccccc3)c(C)c12. The lowest BCUT2D eigenvalue weighted by atomic mass is 10.0. The van der Waals surface area contributed by atoms with Crippen molar-refractivity contribution in [3.8, 4) is 5.75 Å². The number of ether oxygens (including phenoxy) is 1. The van der Waals surface area contributed by atoms with E-state index in [0.29, 0.717) is 29.0 Å². The van der Waals surface area contributed by atoms with Crippen LogP contribution in [0.1, 0.15) is 22.3 Å². The number of rotatable bonds is 5. The highest BCUT2D eigenvalue weighted by atomic mass is 16.5. The third-order valence-electron chi connectivity index (χ3n) is 4.38. The number of hydrogen-bond donors (Lipinski definition) is 1. The highest BCUT2D eigenvalue weighted by Gasteiger charge is 2.17. The van der Waals surface area contributed by atoms with Crippen molar-refractivity contribution >= 4 is 16.9 Å². The molecule has 0 radical (unpaired) electrons. The average Bonchev–Trinajstić information content (AvgIpc) is 2.63. The maximum absolute atomic E-state index is 12.4. The minimum Gasteiger partial charge on any atom is -0.496 e. The molecule has 2 aromatic carbocycles. The minimum atomic E-state index is -0.488. The van der Waals surface area contributed by atoms with Gasteiger partial charge >= 0.3 is 5.63 Å². The molecule has 0 spiro atoms. The highest BCUT2D eigenvalue weighted by molar-refractivity contribution is 5.89. The van der Waals surface area contributed by atoms with Crippen molar-refractivity contribution in [1.82, 2.24) is 5.32 Å². The number of nitrogens with one attached hydrogen (secondary N) is 1. The number of carbonyl (C=O) groups is 1. The van der Waals surface area contributed by atoms with E-state index >= 15 is 0 Å². The molecule has 3 aromatic rings. The normalized spacial score (nSPS) is 10.7. The Morgan fingerprint density at radius 3 is 2.58 bits per heavy atom. The Kier molecular flexibility index (Phi) is 5.07. The number of hydrogen-bond acceptors (Lipinski definition) is 4. The second-order valence-electron chi connectivity index (χ2n) is 6.27. The number of methoxy groups -OCH3 is 1. The van der Waals surface area contributed by atoms with Gasteiger partial charge in [-0.3, -0.25) is 4.79 Å². The Labute approximate surface area is 151 Å². The van der Waals surface area contributed by atoms with E-state index in [1.807, 2.05) is 50.2 Å². The molecule has 0 saturated heterocycles. The predicted molar refractivity (Wildman–Crippen MR) is 101 cm³/mol. The number of benzene rings is 2. The number of aryl methyl sites for hydroxylation is 2. The summed E-state index contributed by atoms with van der Waals surface area (Å²) in [5.74, 6) is 0.405. The third kappa shape index (κ3) is 3.61. The summed E-state index contributed by atoms with van der Waals surface area (Å²) in [5.41, 5.74) is 2.98. The van der Waals surface area contributed by atoms with Gasteiger partial charge in [-0.05, 0) is 42.7 Å². The van der Waals surface area contributed by atoms with Crippen LogP contribution in [0.25, 0.3) is 11.0 Å². The van der Waals surface area contributed by atoms with Gasteiger partial charge in [0.1, 0.15) is 11.3 Å². The van der Waals surface area contributed by atoms with Crippen molar-refractivity contribution < 1.29 is 13.9 Å². The molecule has 0 bridgehead atoms. The molecule has 0 saturated carbocycles. The van der Waals surface area contributed by atoms with Crippen molar-refractivity contribution in [2.24, 2.45) is 0 Å². The molecular weight excluding hydrogens is 330 g/mol. The highest BCUT2D eigenvalue weighted by Crippen LogP contribution is 2.30. The van der Waals surface area contributed by atoms with E-state index in [2.05, 4.69) is 5.32 Å². The molecule has 0 unspecified atom stereocenters. The van der Waals surface area contributed by atoms with Crippen LogP contribution in [0.5, 0.6) is 5.75 Å².